The van der Waals surface area contributed by atoms with E-state index in [2.05, 4.69) is 15.6 Å². The standard InChI is InChI=1S/C13H15N3O2S/c1-9(17)16-11-5-6-19-12(11)8-14-10-3-4-13(18-2)15-7-10/h3-7,14H,8H2,1-2H3,(H,16,17). The fourth-order valence-corrected chi connectivity index (χ4v) is 2.34. The van der Waals surface area contributed by atoms with Gasteiger partial charge < -0.3 is 15.4 Å². The van der Waals surface area contributed by atoms with Crippen molar-refractivity contribution < 1.29 is 9.53 Å². The van der Waals surface area contributed by atoms with Gasteiger partial charge in [-0.15, -0.1) is 11.3 Å². The van der Waals surface area contributed by atoms with E-state index in [1.807, 2.05) is 17.5 Å². The van der Waals surface area contributed by atoms with Crippen LogP contribution in [-0.2, 0) is 11.3 Å². The second-order valence-electron chi connectivity index (χ2n) is 3.88. The zero-order valence-electron chi connectivity index (χ0n) is 10.8. The number of pyridine rings is 1. The summed E-state index contributed by atoms with van der Waals surface area (Å²) >= 11 is 1.60. The van der Waals surface area contributed by atoms with Crippen LogP contribution in [0.5, 0.6) is 5.88 Å². The van der Waals surface area contributed by atoms with Gasteiger partial charge in [-0.25, -0.2) is 4.98 Å². The topological polar surface area (TPSA) is 63.2 Å². The number of hydrogen-bond acceptors (Lipinski definition) is 5. The summed E-state index contributed by atoms with van der Waals surface area (Å²) in [5, 5.41) is 8.01. The molecule has 19 heavy (non-hydrogen) atoms. The normalized spacial score (nSPS) is 10.0. The average molecular weight is 277 g/mol. The maximum Gasteiger partial charge on any atom is 0.221 e. The molecule has 2 heterocycles. The molecule has 2 aromatic heterocycles. The molecule has 0 radical (unpaired) electrons. The molecule has 0 saturated carbocycles. The number of carbonyl (C=O) groups is 1. The molecular formula is C13H15N3O2S. The highest BCUT2D eigenvalue weighted by Gasteiger charge is 2.05. The first kappa shape index (κ1) is 13.4. The monoisotopic (exact) mass is 277 g/mol. The second kappa shape index (κ2) is 6.19. The van der Waals surface area contributed by atoms with Gasteiger partial charge in [-0.2, -0.15) is 0 Å². The van der Waals surface area contributed by atoms with Crippen molar-refractivity contribution in [3.05, 3.63) is 34.7 Å². The summed E-state index contributed by atoms with van der Waals surface area (Å²) in [6.45, 7) is 2.14. The van der Waals surface area contributed by atoms with Gasteiger partial charge >= 0.3 is 0 Å². The SMILES string of the molecule is COc1ccc(NCc2sccc2NC(C)=O)cn1. The van der Waals surface area contributed by atoms with Crippen molar-refractivity contribution in [1.82, 2.24) is 4.98 Å². The molecule has 100 valence electrons. The molecule has 0 fully saturated rings. The lowest BCUT2D eigenvalue weighted by Crippen LogP contribution is -2.08. The Hall–Kier alpha value is -2.08. The lowest BCUT2D eigenvalue weighted by Gasteiger charge is -2.07. The predicted octanol–water partition coefficient (Wildman–Crippen LogP) is 2.72. The minimum absolute atomic E-state index is 0.0641. The first-order valence-electron chi connectivity index (χ1n) is 5.77. The third-order valence-corrected chi connectivity index (χ3v) is 3.38. The quantitative estimate of drug-likeness (QED) is 0.882. The zero-order valence-corrected chi connectivity index (χ0v) is 11.6. The molecule has 0 saturated heterocycles. The summed E-state index contributed by atoms with van der Waals surface area (Å²) in [6.07, 6.45) is 1.71. The molecule has 2 N–H and O–H groups in total. The fourth-order valence-electron chi connectivity index (χ4n) is 1.57. The number of rotatable bonds is 5. The number of thiophene rings is 1. The molecule has 2 aromatic rings. The van der Waals surface area contributed by atoms with Gasteiger partial charge in [0.1, 0.15) is 0 Å². The van der Waals surface area contributed by atoms with Crippen molar-refractivity contribution in [2.24, 2.45) is 0 Å². The van der Waals surface area contributed by atoms with Crippen LogP contribution in [-0.4, -0.2) is 18.0 Å². The van der Waals surface area contributed by atoms with Gasteiger partial charge in [0, 0.05) is 17.9 Å². The number of aromatic nitrogens is 1. The van der Waals surface area contributed by atoms with Crippen LogP contribution in [0.3, 0.4) is 0 Å². The van der Waals surface area contributed by atoms with Crippen molar-refractivity contribution >= 4 is 28.6 Å². The van der Waals surface area contributed by atoms with Crippen LogP contribution >= 0.6 is 11.3 Å². The summed E-state index contributed by atoms with van der Waals surface area (Å²) < 4.78 is 5.00. The van der Waals surface area contributed by atoms with Gasteiger partial charge in [-0.3, -0.25) is 4.79 Å². The number of ether oxygens (including phenoxy) is 1. The van der Waals surface area contributed by atoms with E-state index in [4.69, 9.17) is 4.74 Å². The maximum absolute atomic E-state index is 11.1. The molecule has 0 aromatic carbocycles. The number of anilines is 2. The van der Waals surface area contributed by atoms with Crippen molar-refractivity contribution in [1.29, 1.82) is 0 Å². The van der Waals surface area contributed by atoms with Crippen LogP contribution in [0.15, 0.2) is 29.8 Å². The van der Waals surface area contributed by atoms with Gasteiger partial charge in [0.05, 0.1) is 31.2 Å². The lowest BCUT2D eigenvalue weighted by molar-refractivity contribution is -0.114. The van der Waals surface area contributed by atoms with E-state index in [1.165, 1.54) is 6.92 Å². The molecule has 0 aliphatic rings. The van der Waals surface area contributed by atoms with Gasteiger partial charge in [0.2, 0.25) is 11.8 Å². The zero-order chi connectivity index (χ0) is 13.7. The summed E-state index contributed by atoms with van der Waals surface area (Å²) in [5.74, 6) is 0.520. The lowest BCUT2D eigenvalue weighted by atomic mass is 10.3. The molecule has 0 unspecified atom stereocenters. The summed E-state index contributed by atoms with van der Waals surface area (Å²) in [7, 11) is 1.58. The number of amides is 1. The van der Waals surface area contributed by atoms with E-state index in [1.54, 1.807) is 30.7 Å². The highest BCUT2D eigenvalue weighted by Crippen LogP contribution is 2.23. The summed E-state index contributed by atoms with van der Waals surface area (Å²) in [4.78, 5) is 16.2. The maximum atomic E-state index is 11.1. The van der Waals surface area contributed by atoms with Crippen molar-refractivity contribution in [2.75, 3.05) is 17.7 Å². The fraction of sp³-hybridized carbons (Fsp3) is 0.231. The molecule has 2 rings (SSSR count). The van der Waals surface area contributed by atoms with E-state index in [9.17, 15) is 4.79 Å². The Labute approximate surface area is 115 Å². The molecule has 0 aliphatic heterocycles. The predicted molar refractivity (Wildman–Crippen MR) is 76.7 cm³/mol. The van der Waals surface area contributed by atoms with Gasteiger partial charge in [0.15, 0.2) is 0 Å². The number of methoxy groups -OCH3 is 1. The van der Waals surface area contributed by atoms with Crippen LogP contribution in [0.1, 0.15) is 11.8 Å². The first-order valence-corrected chi connectivity index (χ1v) is 6.65. The van der Waals surface area contributed by atoms with Crippen LogP contribution in [0, 0.1) is 0 Å². The molecular weight excluding hydrogens is 262 g/mol. The summed E-state index contributed by atoms with van der Waals surface area (Å²) in [5.41, 5.74) is 1.76. The molecule has 0 spiro atoms. The Bertz CT molecular complexity index is 551. The van der Waals surface area contributed by atoms with E-state index in [0.717, 1.165) is 16.3 Å². The van der Waals surface area contributed by atoms with Crippen molar-refractivity contribution in [3.63, 3.8) is 0 Å². The van der Waals surface area contributed by atoms with Gasteiger partial charge in [-0.05, 0) is 17.5 Å². The Morgan fingerprint density at radius 1 is 1.42 bits per heavy atom. The molecule has 0 aliphatic carbocycles. The molecule has 1 amide bonds. The van der Waals surface area contributed by atoms with Gasteiger partial charge in [-0.1, -0.05) is 0 Å². The number of nitrogens with zero attached hydrogens (tertiary/aromatic N) is 1. The van der Waals surface area contributed by atoms with Crippen LogP contribution in [0.25, 0.3) is 0 Å². The Morgan fingerprint density at radius 2 is 2.26 bits per heavy atom. The van der Waals surface area contributed by atoms with Gasteiger partial charge in [0.25, 0.3) is 0 Å². The third-order valence-electron chi connectivity index (χ3n) is 2.45. The molecule has 6 heteroatoms. The van der Waals surface area contributed by atoms with E-state index in [-0.39, 0.29) is 5.91 Å². The Kier molecular flexibility index (Phi) is 4.35. The van der Waals surface area contributed by atoms with Crippen molar-refractivity contribution in [2.45, 2.75) is 13.5 Å². The third kappa shape index (κ3) is 3.69. The smallest absolute Gasteiger partial charge is 0.221 e. The van der Waals surface area contributed by atoms with Crippen LogP contribution < -0.4 is 15.4 Å². The van der Waals surface area contributed by atoms with Crippen LogP contribution in [0.2, 0.25) is 0 Å². The summed E-state index contributed by atoms with van der Waals surface area (Å²) in [6, 6.07) is 5.60. The van der Waals surface area contributed by atoms with Crippen molar-refractivity contribution in [3.8, 4) is 5.88 Å². The minimum Gasteiger partial charge on any atom is -0.481 e. The number of nitrogens with one attached hydrogen (secondary N) is 2. The van der Waals surface area contributed by atoms with E-state index >= 15 is 0 Å². The highest BCUT2D eigenvalue weighted by molar-refractivity contribution is 7.10. The number of carbonyl (C=O) groups excluding carboxylic acids is 1. The minimum atomic E-state index is -0.0641. The van der Waals surface area contributed by atoms with E-state index < -0.39 is 0 Å². The Balaban J connectivity index is 1.98. The van der Waals surface area contributed by atoms with E-state index in [0.29, 0.717) is 12.4 Å². The largest absolute Gasteiger partial charge is 0.481 e. The Morgan fingerprint density at radius 3 is 2.89 bits per heavy atom. The first-order chi connectivity index (χ1) is 9.19. The number of hydrogen-bond donors (Lipinski definition) is 2. The average Bonchev–Trinajstić information content (AvgIpc) is 2.83. The highest BCUT2D eigenvalue weighted by atomic mass is 32.1. The molecule has 5 nitrogen and oxygen atoms in total. The van der Waals surface area contributed by atoms with Crippen LogP contribution in [0.4, 0.5) is 11.4 Å². The molecule has 0 bridgehead atoms. The second-order valence-corrected chi connectivity index (χ2v) is 4.88. The molecule has 0 atom stereocenters.